The Labute approximate surface area is 68.2 Å². The van der Waals surface area contributed by atoms with Crippen molar-refractivity contribution in [2.24, 2.45) is 0 Å². The van der Waals surface area contributed by atoms with Gasteiger partial charge in [-0.05, 0) is 20.8 Å². The van der Waals surface area contributed by atoms with Crippen LogP contribution in [0.25, 0.3) is 0 Å². The van der Waals surface area contributed by atoms with Crippen molar-refractivity contribution < 1.29 is 9.68 Å². The Hall–Kier alpha value is -0.160. The Morgan fingerprint density at radius 2 is 1.73 bits per heavy atom. The summed E-state index contributed by atoms with van der Waals surface area (Å²) >= 11 is 0. The first kappa shape index (κ1) is 10.8. The maximum absolute atomic E-state index is 4.83. The Morgan fingerprint density at radius 1 is 1.18 bits per heavy atom. The molecule has 11 heavy (non-hydrogen) atoms. The molecule has 0 aliphatic rings. The molecule has 0 aromatic carbocycles. The molecule has 0 spiro atoms. The summed E-state index contributed by atoms with van der Waals surface area (Å²) < 4.78 is 0. The van der Waals surface area contributed by atoms with Gasteiger partial charge in [-0.15, -0.1) is 0 Å². The molecule has 4 nitrogen and oxygen atoms in total. The summed E-state index contributed by atoms with van der Waals surface area (Å²) in [5.74, 6) is 0. The van der Waals surface area contributed by atoms with Crippen molar-refractivity contribution in [1.82, 2.24) is 11.0 Å². The SMILES string of the molecule is CONC(C)C(C)(C)NOC. The van der Waals surface area contributed by atoms with E-state index in [0.29, 0.717) is 0 Å². The average Bonchev–Trinajstić information content (AvgIpc) is 1.88. The summed E-state index contributed by atoms with van der Waals surface area (Å²) in [6.45, 7) is 6.05. The molecule has 0 aliphatic heterocycles. The van der Waals surface area contributed by atoms with Gasteiger partial charge in [-0.3, -0.25) is 0 Å². The van der Waals surface area contributed by atoms with Crippen LogP contribution in [-0.4, -0.2) is 25.8 Å². The smallest absolute Gasteiger partial charge is 0.0572 e. The molecular weight excluding hydrogens is 144 g/mol. The maximum atomic E-state index is 4.83. The van der Waals surface area contributed by atoms with Gasteiger partial charge in [0.25, 0.3) is 0 Å². The topological polar surface area (TPSA) is 42.5 Å². The first-order valence-corrected chi connectivity index (χ1v) is 3.63. The normalized spacial score (nSPS) is 15.0. The van der Waals surface area contributed by atoms with Crippen molar-refractivity contribution >= 4 is 0 Å². The van der Waals surface area contributed by atoms with Crippen LogP contribution in [0.1, 0.15) is 20.8 Å². The van der Waals surface area contributed by atoms with Crippen LogP contribution < -0.4 is 11.0 Å². The van der Waals surface area contributed by atoms with Crippen molar-refractivity contribution in [3.63, 3.8) is 0 Å². The van der Waals surface area contributed by atoms with Gasteiger partial charge in [0.05, 0.1) is 19.8 Å². The van der Waals surface area contributed by atoms with Gasteiger partial charge in [-0.25, -0.2) is 0 Å². The molecule has 1 atom stereocenters. The van der Waals surface area contributed by atoms with Crippen LogP contribution in [0.3, 0.4) is 0 Å². The third-order valence-corrected chi connectivity index (χ3v) is 1.74. The van der Waals surface area contributed by atoms with Crippen molar-refractivity contribution in [2.45, 2.75) is 32.4 Å². The van der Waals surface area contributed by atoms with E-state index in [1.54, 1.807) is 14.2 Å². The second-order valence-corrected chi connectivity index (χ2v) is 3.07. The molecule has 4 heteroatoms. The summed E-state index contributed by atoms with van der Waals surface area (Å²) in [6.07, 6.45) is 0. The fourth-order valence-corrected chi connectivity index (χ4v) is 0.676. The Balaban J connectivity index is 3.83. The highest BCUT2D eigenvalue weighted by atomic mass is 16.6. The molecule has 0 rings (SSSR count). The van der Waals surface area contributed by atoms with E-state index in [9.17, 15) is 0 Å². The van der Waals surface area contributed by atoms with Crippen LogP contribution in [-0.2, 0) is 9.68 Å². The number of hydroxylamine groups is 2. The maximum Gasteiger partial charge on any atom is 0.0572 e. The van der Waals surface area contributed by atoms with Crippen LogP contribution in [0.15, 0.2) is 0 Å². The van der Waals surface area contributed by atoms with E-state index in [0.717, 1.165) is 0 Å². The lowest BCUT2D eigenvalue weighted by molar-refractivity contribution is -0.0266. The van der Waals surface area contributed by atoms with Crippen LogP contribution in [0.5, 0.6) is 0 Å². The van der Waals surface area contributed by atoms with E-state index in [-0.39, 0.29) is 11.6 Å². The van der Waals surface area contributed by atoms with Crippen LogP contribution in [0.4, 0.5) is 0 Å². The summed E-state index contributed by atoms with van der Waals surface area (Å²) in [6, 6.07) is 0.174. The monoisotopic (exact) mass is 162 g/mol. The summed E-state index contributed by atoms with van der Waals surface area (Å²) in [5, 5.41) is 0. The first-order chi connectivity index (χ1) is 5.04. The first-order valence-electron chi connectivity index (χ1n) is 3.63. The number of rotatable bonds is 5. The van der Waals surface area contributed by atoms with E-state index < -0.39 is 0 Å². The highest BCUT2D eigenvalue weighted by Gasteiger charge is 2.25. The van der Waals surface area contributed by atoms with Gasteiger partial charge in [0, 0.05) is 6.04 Å². The second kappa shape index (κ2) is 4.66. The number of hydrogen-bond acceptors (Lipinski definition) is 4. The van der Waals surface area contributed by atoms with Crippen molar-refractivity contribution in [2.75, 3.05) is 14.2 Å². The van der Waals surface area contributed by atoms with Gasteiger partial charge < -0.3 is 9.68 Å². The molecule has 1 unspecified atom stereocenters. The average molecular weight is 162 g/mol. The molecule has 2 N–H and O–H groups in total. The van der Waals surface area contributed by atoms with E-state index >= 15 is 0 Å². The van der Waals surface area contributed by atoms with Gasteiger partial charge >= 0.3 is 0 Å². The van der Waals surface area contributed by atoms with Crippen LogP contribution in [0.2, 0.25) is 0 Å². The summed E-state index contributed by atoms with van der Waals surface area (Å²) in [7, 11) is 3.20. The van der Waals surface area contributed by atoms with Crippen molar-refractivity contribution in [3.05, 3.63) is 0 Å². The van der Waals surface area contributed by atoms with Gasteiger partial charge in [-0.1, -0.05) is 0 Å². The van der Waals surface area contributed by atoms with Gasteiger partial charge in [-0.2, -0.15) is 11.0 Å². The van der Waals surface area contributed by atoms with Crippen LogP contribution >= 0.6 is 0 Å². The molecule has 0 radical (unpaired) electrons. The minimum atomic E-state index is -0.148. The highest BCUT2D eigenvalue weighted by Crippen LogP contribution is 2.07. The lowest BCUT2D eigenvalue weighted by Gasteiger charge is -2.31. The highest BCUT2D eigenvalue weighted by molar-refractivity contribution is 4.83. The van der Waals surface area contributed by atoms with Gasteiger partial charge in [0.1, 0.15) is 0 Å². The summed E-state index contributed by atoms with van der Waals surface area (Å²) in [5.41, 5.74) is 5.54. The molecule has 0 saturated heterocycles. The lowest BCUT2D eigenvalue weighted by atomic mass is 9.98. The molecule has 0 aromatic rings. The standard InChI is InChI=1S/C7H18N2O2/c1-6(8-10-4)7(2,3)9-11-5/h6,8-9H,1-5H3. The quantitative estimate of drug-likeness (QED) is 0.576. The lowest BCUT2D eigenvalue weighted by Crippen LogP contribution is -2.53. The fraction of sp³-hybridized carbons (Fsp3) is 1.00. The number of nitrogens with one attached hydrogen (secondary N) is 2. The second-order valence-electron chi connectivity index (χ2n) is 3.07. The predicted octanol–water partition coefficient (Wildman–Crippen LogP) is 0.455. The van der Waals surface area contributed by atoms with Crippen LogP contribution in [0, 0.1) is 0 Å². The molecule has 0 aliphatic carbocycles. The zero-order chi connectivity index (χ0) is 8.91. The predicted molar refractivity (Wildman–Crippen MR) is 43.8 cm³/mol. The molecule has 0 fully saturated rings. The largest absolute Gasteiger partial charge is 0.305 e. The zero-order valence-corrected chi connectivity index (χ0v) is 7.89. The van der Waals surface area contributed by atoms with Crippen molar-refractivity contribution in [3.8, 4) is 0 Å². The Morgan fingerprint density at radius 3 is 2.09 bits per heavy atom. The minimum absolute atomic E-state index is 0.148. The fourth-order valence-electron chi connectivity index (χ4n) is 0.676. The van der Waals surface area contributed by atoms with E-state index in [1.165, 1.54) is 0 Å². The van der Waals surface area contributed by atoms with E-state index in [2.05, 4.69) is 11.0 Å². The number of hydrogen-bond donors (Lipinski definition) is 2. The molecule has 0 amide bonds. The summed E-state index contributed by atoms with van der Waals surface area (Å²) in [4.78, 5) is 9.62. The molecule has 0 aromatic heterocycles. The molecule has 0 bridgehead atoms. The van der Waals surface area contributed by atoms with Crippen molar-refractivity contribution in [1.29, 1.82) is 0 Å². The molecule has 0 heterocycles. The third-order valence-electron chi connectivity index (χ3n) is 1.74. The van der Waals surface area contributed by atoms with E-state index in [1.807, 2.05) is 20.8 Å². The zero-order valence-electron chi connectivity index (χ0n) is 7.89. The Bertz CT molecular complexity index is 107. The molecular formula is C7H18N2O2. The molecule has 68 valence electrons. The van der Waals surface area contributed by atoms with Gasteiger partial charge in [0.2, 0.25) is 0 Å². The Kier molecular flexibility index (Phi) is 4.60. The van der Waals surface area contributed by atoms with Gasteiger partial charge in [0.15, 0.2) is 0 Å². The minimum Gasteiger partial charge on any atom is -0.305 e. The van der Waals surface area contributed by atoms with E-state index in [4.69, 9.17) is 9.68 Å². The molecule has 0 saturated carbocycles. The third kappa shape index (κ3) is 3.67.